The van der Waals surface area contributed by atoms with Crippen LogP contribution in [0.5, 0.6) is 0 Å². The van der Waals surface area contributed by atoms with E-state index in [9.17, 15) is 4.79 Å². The molecule has 1 heterocycles. The molecule has 1 amide bonds. The van der Waals surface area contributed by atoms with Crippen LogP contribution in [0.3, 0.4) is 0 Å². The summed E-state index contributed by atoms with van der Waals surface area (Å²) in [7, 11) is 0. The number of nitrogens with two attached hydrogens (primary N) is 1. The Hall–Kier alpha value is -2.20. The molecule has 21 heavy (non-hydrogen) atoms. The quantitative estimate of drug-likeness (QED) is 0.866. The van der Waals surface area contributed by atoms with Crippen LogP contribution in [-0.4, -0.2) is 22.3 Å². The van der Waals surface area contributed by atoms with Crippen LogP contribution in [0.25, 0.3) is 0 Å². The van der Waals surface area contributed by atoms with Gasteiger partial charge in [0.05, 0.1) is 0 Å². The van der Waals surface area contributed by atoms with Gasteiger partial charge in [0.2, 0.25) is 0 Å². The molecule has 1 aliphatic heterocycles. The minimum Gasteiger partial charge on any atom is -0.389 e. The summed E-state index contributed by atoms with van der Waals surface area (Å²) in [5.74, 6) is 0.0302. The molecule has 4 heteroatoms. The molecule has 0 unspecified atom stereocenters. The molecular weight excluding hydrogens is 280 g/mol. The molecule has 2 aromatic carbocycles. The summed E-state index contributed by atoms with van der Waals surface area (Å²) in [6.45, 7) is 1.40. The van der Waals surface area contributed by atoms with Gasteiger partial charge in [0, 0.05) is 24.2 Å². The van der Waals surface area contributed by atoms with Crippen LogP contribution in [0.15, 0.2) is 48.5 Å². The maximum Gasteiger partial charge on any atom is 0.254 e. The lowest BCUT2D eigenvalue weighted by atomic mass is 9.99. The topological polar surface area (TPSA) is 46.3 Å². The van der Waals surface area contributed by atoms with Gasteiger partial charge in [-0.2, -0.15) is 0 Å². The summed E-state index contributed by atoms with van der Waals surface area (Å²) in [5.41, 5.74) is 9.56. The average Bonchev–Trinajstić information content (AvgIpc) is 2.53. The second-order valence-electron chi connectivity index (χ2n) is 5.19. The van der Waals surface area contributed by atoms with Gasteiger partial charge in [0.25, 0.3) is 5.91 Å². The fourth-order valence-corrected chi connectivity index (χ4v) is 2.78. The highest BCUT2D eigenvalue weighted by atomic mass is 32.1. The van der Waals surface area contributed by atoms with Crippen molar-refractivity contribution in [1.29, 1.82) is 0 Å². The Morgan fingerprint density at radius 1 is 1.05 bits per heavy atom. The van der Waals surface area contributed by atoms with Crippen molar-refractivity contribution in [3.05, 3.63) is 70.8 Å². The standard InChI is InChI=1S/C17H16N2OS/c18-16(21)13-6-3-7-14(10-13)17(20)19-9-8-12-4-1-2-5-15(12)11-19/h1-7,10H,8-9,11H2,(H2,18,21). The van der Waals surface area contributed by atoms with E-state index in [0.717, 1.165) is 18.5 Å². The predicted octanol–water partition coefficient (Wildman–Crippen LogP) is 2.52. The van der Waals surface area contributed by atoms with E-state index in [2.05, 4.69) is 12.1 Å². The second-order valence-corrected chi connectivity index (χ2v) is 5.63. The SMILES string of the molecule is NC(=S)c1cccc(C(=O)N2CCc3ccccc3C2)c1. The Balaban J connectivity index is 1.84. The van der Waals surface area contributed by atoms with E-state index in [1.54, 1.807) is 6.07 Å². The predicted molar refractivity (Wildman–Crippen MR) is 87.2 cm³/mol. The molecule has 3 nitrogen and oxygen atoms in total. The maximum atomic E-state index is 12.6. The number of nitrogens with zero attached hydrogens (tertiary/aromatic N) is 1. The third kappa shape index (κ3) is 2.81. The van der Waals surface area contributed by atoms with E-state index in [1.807, 2.05) is 35.2 Å². The molecule has 0 saturated heterocycles. The summed E-state index contributed by atoms with van der Waals surface area (Å²) in [4.78, 5) is 14.8. The maximum absolute atomic E-state index is 12.6. The molecule has 3 rings (SSSR count). The first-order valence-electron chi connectivity index (χ1n) is 6.91. The number of hydrogen-bond donors (Lipinski definition) is 1. The van der Waals surface area contributed by atoms with Crippen molar-refractivity contribution >= 4 is 23.1 Å². The zero-order chi connectivity index (χ0) is 14.8. The van der Waals surface area contributed by atoms with Gasteiger partial charge in [0.1, 0.15) is 4.99 Å². The van der Waals surface area contributed by atoms with Gasteiger partial charge in [-0.1, -0.05) is 48.6 Å². The molecule has 0 spiro atoms. The largest absolute Gasteiger partial charge is 0.389 e. The highest BCUT2D eigenvalue weighted by Gasteiger charge is 2.21. The summed E-state index contributed by atoms with van der Waals surface area (Å²) in [6, 6.07) is 15.5. The van der Waals surface area contributed by atoms with Crippen molar-refractivity contribution < 1.29 is 4.79 Å². The zero-order valence-corrected chi connectivity index (χ0v) is 12.4. The van der Waals surface area contributed by atoms with E-state index in [4.69, 9.17) is 18.0 Å². The third-order valence-electron chi connectivity index (χ3n) is 3.81. The van der Waals surface area contributed by atoms with Gasteiger partial charge >= 0.3 is 0 Å². The molecule has 0 aliphatic carbocycles. The zero-order valence-electron chi connectivity index (χ0n) is 11.6. The molecule has 1 aliphatic rings. The van der Waals surface area contributed by atoms with Crippen LogP contribution in [-0.2, 0) is 13.0 Å². The van der Waals surface area contributed by atoms with Crippen LogP contribution in [0.1, 0.15) is 27.0 Å². The van der Waals surface area contributed by atoms with E-state index in [-0.39, 0.29) is 5.91 Å². The number of fused-ring (bicyclic) bond motifs is 1. The number of amides is 1. The first-order valence-corrected chi connectivity index (χ1v) is 7.32. The molecular formula is C17H16N2OS. The van der Waals surface area contributed by atoms with Gasteiger partial charge in [-0.3, -0.25) is 4.79 Å². The van der Waals surface area contributed by atoms with Gasteiger partial charge in [-0.15, -0.1) is 0 Å². The number of rotatable bonds is 2. The van der Waals surface area contributed by atoms with Crippen molar-refractivity contribution in [1.82, 2.24) is 4.90 Å². The Labute approximate surface area is 129 Å². The summed E-state index contributed by atoms with van der Waals surface area (Å²) >= 11 is 4.97. The summed E-state index contributed by atoms with van der Waals surface area (Å²) in [6.07, 6.45) is 0.900. The molecule has 0 fully saturated rings. The van der Waals surface area contributed by atoms with Crippen molar-refractivity contribution in [2.75, 3.05) is 6.54 Å². The number of benzene rings is 2. The molecule has 0 saturated carbocycles. The highest BCUT2D eigenvalue weighted by Crippen LogP contribution is 2.20. The monoisotopic (exact) mass is 296 g/mol. The Morgan fingerprint density at radius 3 is 2.52 bits per heavy atom. The van der Waals surface area contributed by atoms with Crippen LogP contribution >= 0.6 is 12.2 Å². The second kappa shape index (κ2) is 5.66. The number of thiocarbonyl (C=S) groups is 1. The first-order chi connectivity index (χ1) is 10.1. The van der Waals surface area contributed by atoms with E-state index in [0.29, 0.717) is 17.1 Å². The van der Waals surface area contributed by atoms with E-state index < -0.39 is 0 Å². The van der Waals surface area contributed by atoms with E-state index >= 15 is 0 Å². The average molecular weight is 296 g/mol. The molecule has 0 bridgehead atoms. The fraction of sp³-hybridized carbons (Fsp3) is 0.176. The van der Waals surface area contributed by atoms with Crippen molar-refractivity contribution in [2.45, 2.75) is 13.0 Å². The van der Waals surface area contributed by atoms with Crippen molar-refractivity contribution in [3.8, 4) is 0 Å². The number of carbonyl (C=O) groups excluding carboxylic acids is 1. The van der Waals surface area contributed by atoms with Gasteiger partial charge in [-0.05, 0) is 29.7 Å². The van der Waals surface area contributed by atoms with Crippen LogP contribution in [0.2, 0.25) is 0 Å². The Morgan fingerprint density at radius 2 is 1.76 bits per heavy atom. The molecule has 2 N–H and O–H groups in total. The normalized spacial score (nSPS) is 13.6. The third-order valence-corrected chi connectivity index (χ3v) is 4.05. The lowest BCUT2D eigenvalue weighted by Gasteiger charge is -2.29. The highest BCUT2D eigenvalue weighted by molar-refractivity contribution is 7.80. The van der Waals surface area contributed by atoms with Crippen molar-refractivity contribution in [3.63, 3.8) is 0 Å². The van der Waals surface area contributed by atoms with Gasteiger partial charge in [0.15, 0.2) is 0 Å². The summed E-state index contributed by atoms with van der Waals surface area (Å²) < 4.78 is 0. The van der Waals surface area contributed by atoms with Gasteiger partial charge < -0.3 is 10.6 Å². The smallest absolute Gasteiger partial charge is 0.254 e. The van der Waals surface area contributed by atoms with Crippen LogP contribution in [0, 0.1) is 0 Å². The minimum absolute atomic E-state index is 0.0302. The van der Waals surface area contributed by atoms with Crippen LogP contribution < -0.4 is 5.73 Å². The van der Waals surface area contributed by atoms with E-state index in [1.165, 1.54) is 11.1 Å². The van der Waals surface area contributed by atoms with Crippen LogP contribution in [0.4, 0.5) is 0 Å². The molecule has 2 aromatic rings. The Kier molecular flexibility index (Phi) is 3.71. The van der Waals surface area contributed by atoms with Gasteiger partial charge in [-0.25, -0.2) is 0 Å². The Bertz CT molecular complexity index is 711. The van der Waals surface area contributed by atoms with Crippen molar-refractivity contribution in [2.24, 2.45) is 5.73 Å². The minimum atomic E-state index is 0.0302. The molecule has 0 aromatic heterocycles. The lowest BCUT2D eigenvalue weighted by molar-refractivity contribution is 0.0734. The molecule has 0 atom stereocenters. The lowest BCUT2D eigenvalue weighted by Crippen LogP contribution is -2.36. The number of hydrogen-bond acceptors (Lipinski definition) is 2. The molecule has 106 valence electrons. The molecule has 0 radical (unpaired) electrons. The number of carbonyl (C=O) groups is 1. The fourth-order valence-electron chi connectivity index (χ4n) is 2.66. The first kappa shape index (κ1) is 13.8. The summed E-state index contributed by atoms with van der Waals surface area (Å²) in [5, 5.41) is 0.